The molecule has 0 unspecified atom stereocenters. The van der Waals surface area contributed by atoms with Crippen LogP contribution >= 0.6 is 0 Å². The number of aliphatic hydroxyl groups excluding tert-OH is 2. The van der Waals surface area contributed by atoms with E-state index in [0.717, 1.165) is 42.5 Å². The van der Waals surface area contributed by atoms with Crippen molar-refractivity contribution in [1.82, 2.24) is 9.97 Å². The van der Waals surface area contributed by atoms with Gasteiger partial charge in [-0.1, -0.05) is 45.9 Å². The van der Waals surface area contributed by atoms with Gasteiger partial charge in [0.15, 0.2) is 0 Å². The van der Waals surface area contributed by atoms with E-state index in [4.69, 9.17) is 4.98 Å². The highest BCUT2D eigenvalue weighted by Gasteiger charge is 2.21. The Hall–Kier alpha value is -2.18. The summed E-state index contributed by atoms with van der Waals surface area (Å²) in [5, 5.41) is 22.9. The van der Waals surface area contributed by atoms with Crippen molar-refractivity contribution in [2.24, 2.45) is 5.92 Å². The van der Waals surface area contributed by atoms with E-state index in [9.17, 15) is 10.2 Å². The summed E-state index contributed by atoms with van der Waals surface area (Å²) in [5.41, 5.74) is 3.54. The van der Waals surface area contributed by atoms with Gasteiger partial charge in [0, 0.05) is 25.1 Å². The Balaban J connectivity index is 1.88. The molecule has 3 N–H and O–H groups in total. The number of nitrogens with one attached hydrogen (secondary N) is 1. The maximum absolute atomic E-state index is 9.85. The number of anilines is 2. The molecule has 1 aromatic heterocycles. The highest BCUT2D eigenvalue weighted by molar-refractivity contribution is 5.52. The van der Waals surface area contributed by atoms with E-state index in [1.54, 1.807) is 6.92 Å². The van der Waals surface area contributed by atoms with Crippen LogP contribution in [0.25, 0.3) is 0 Å². The van der Waals surface area contributed by atoms with Crippen molar-refractivity contribution in [2.75, 3.05) is 23.4 Å². The lowest BCUT2D eigenvalue weighted by molar-refractivity contribution is 0.199. The Morgan fingerprint density at radius 2 is 1.83 bits per heavy atom. The maximum Gasteiger partial charge on any atom is 0.135 e. The number of nitrogens with zero attached hydrogens (tertiary/aromatic N) is 3. The van der Waals surface area contributed by atoms with Gasteiger partial charge in [-0.15, -0.1) is 0 Å². The molecule has 0 amide bonds. The molecule has 2 heterocycles. The van der Waals surface area contributed by atoms with E-state index in [2.05, 4.69) is 55.0 Å². The second-order valence-electron chi connectivity index (χ2n) is 8.68. The highest BCUT2D eigenvalue weighted by atomic mass is 16.3. The number of rotatable bonds is 7. The summed E-state index contributed by atoms with van der Waals surface area (Å²) < 4.78 is 0. The fraction of sp³-hybridized carbons (Fsp3) is 0.565. The zero-order chi connectivity index (χ0) is 21.1. The summed E-state index contributed by atoms with van der Waals surface area (Å²) in [5.74, 6) is 3.00. The lowest BCUT2D eigenvalue weighted by Crippen LogP contribution is -2.33. The van der Waals surface area contributed by atoms with Crippen LogP contribution in [-0.2, 0) is 13.0 Å². The monoisotopic (exact) mass is 398 g/mol. The second kappa shape index (κ2) is 9.09. The van der Waals surface area contributed by atoms with Crippen molar-refractivity contribution in [3.8, 4) is 0 Å². The van der Waals surface area contributed by atoms with Crippen molar-refractivity contribution in [3.05, 3.63) is 46.8 Å². The number of hydrogen-bond acceptors (Lipinski definition) is 6. The summed E-state index contributed by atoms with van der Waals surface area (Å²) in [7, 11) is 0. The van der Waals surface area contributed by atoms with E-state index in [1.807, 2.05) is 12.1 Å². The van der Waals surface area contributed by atoms with Crippen LogP contribution in [-0.4, -0.2) is 39.4 Å². The number of aliphatic hydroxyl groups is 2. The number of benzene rings is 1. The average Bonchev–Trinajstić information content (AvgIpc) is 2.70. The van der Waals surface area contributed by atoms with Crippen LogP contribution < -0.4 is 10.2 Å². The summed E-state index contributed by atoms with van der Waals surface area (Å²) >= 11 is 0. The summed E-state index contributed by atoms with van der Waals surface area (Å²) in [6, 6.07) is 8.20. The third-order valence-corrected chi connectivity index (χ3v) is 5.63. The minimum absolute atomic E-state index is 0.0428. The van der Waals surface area contributed by atoms with E-state index < -0.39 is 6.10 Å². The molecule has 2 aromatic rings. The van der Waals surface area contributed by atoms with Crippen molar-refractivity contribution >= 4 is 11.6 Å². The molecule has 0 radical (unpaired) electrons. The molecule has 1 aliphatic rings. The van der Waals surface area contributed by atoms with Gasteiger partial charge < -0.3 is 20.4 Å². The fourth-order valence-corrected chi connectivity index (χ4v) is 3.59. The Morgan fingerprint density at radius 3 is 2.45 bits per heavy atom. The zero-order valence-corrected chi connectivity index (χ0v) is 18.2. The molecule has 6 heteroatoms. The van der Waals surface area contributed by atoms with Gasteiger partial charge in [0.25, 0.3) is 0 Å². The molecule has 2 atom stereocenters. The van der Waals surface area contributed by atoms with Crippen molar-refractivity contribution in [3.63, 3.8) is 0 Å². The van der Waals surface area contributed by atoms with E-state index >= 15 is 0 Å². The molecule has 0 saturated heterocycles. The normalized spacial score (nSPS) is 16.1. The lowest BCUT2D eigenvalue weighted by Gasteiger charge is -2.31. The molecular formula is C23H34N4O2. The maximum atomic E-state index is 9.85. The Kier molecular flexibility index (Phi) is 6.75. The Morgan fingerprint density at radius 1 is 1.07 bits per heavy atom. The van der Waals surface area contributed by atoms with E-state index in [0.29, 0.717) is 5.92 Å². The van der Waals surface area contributed by atoms with Crippen molar-refractivity contribution < 1.29 is 10.2 Å². The van der Waals surface area contributed by atoms with Crippen LogP contribution in [0.5, 0.6) is 0 Å². The average molecular weight is 399 g/mol. The molecule has 3 rings (SSSR count). The molecule has 158 valence electrons. The van der Waals surface area contributed by atoms with Crippen LogP contribution in [0.3, 0.4) is 0 Å². The van der Waals surface area contributed by atoms with Gasteiger partial charge in [0.05, 0.1) is 18.8 Å². The largest absolute Gasteiger partial charge is 0.394 e. The second-order valence-corrected chi connectivity index (χ2v) is 8.68. The quantitative estimate of drug-likeness (QED) is 0.661. The third kappa shape index (κ3) is 5.06. The first-order valence-electron chi connectivity index (χ1n) is 10.6. The van der Waals surface area contributed by atoms with Gasteiger partial charge in [0.2, 0.25) is 0 Å². The molecule has 0 fully saturated rings. The molecule has 0 bridgehead atoms. The standard InChI is InChI=1S/C23H34N4O2/c1-14(2)20(13-28)24-21-11-22(26-23(25-21)15(3)4)27-9-8-18-10-17(16(5)29)6-7-19(18)12-27/h6-7,10-11,14-16,20,28-29H,8-9,12-13H2,1-5H3,(H,24,25,26)/t16-,20-/m0/s1. The first-order chi connectivity index (χ1) is 13.8. The van der Waals surface area contributed by atoms with Gasteiger partial charge in [-0.05, 0) is 36.0 Å². The van der Waals surface area contributed by atoms with Gasteiger partial charge in [-0.25, -0.2) is 9.97 Å². The van der Waals surface area contributed by atoms with Crippen molar-refractivity contribution in [2.45, 2.75) is 65.6 Å². The first-order valence-corrected chi connectivity index (χ1v) is 10.6. The zero-order valence-electron chi connectivity index (χ0n) is 18.2. The van der Waals surface area contributed by atoms with Crippen LogP contribution in [0.4, 0.5) is 11.6 Å². The SMILES string of the molecule is CC(C)c1nc(N[C@@H](CO)C(C)C)cc(N2CCc3cc([C@H](C)O)ccc3C2)n1. The van der Waals surface area contributed by atoms with E-state index in [-0.39, 0.29) is 18.6 Å². The first kappa shape index (κ1) is 21.5. The number of hydrogen-bond donors (Lipinski definition) is 3. The predicted molar refractivity (Wildman–Crippen MR) is 117 cm³/mol. The smallest absolute Gasteiger partial charge is 0.135 e. The molecule has 0 saturated carbocycles. The topological polar surface area (TPSA) is 81.5 Å². The van der Waals surface area contributed by atoms with Crippen LogP contribution in [0.1, 0.15) is 69.2 Å². The molecule has 29 heavy (non-hydrogen) atoms. The molecule has 6 nitrogen and oxygen atoms in total. The number of fused-ring (bicyclic) bond motifs is 1. The summed E-state index contributed by atoms with van der Waals surface area (Å²) in [6.07, 6.45) is 0.480. The van der Waals surface area contributed by atoms with Gasteiger partial charge >= 0.3 is 0 Å². The molecule has 0 aliphatic carbocycles. The minimum Gasteiger partial charge on any atom is -0.394 e. The summed E-state index contributed by atoms with van der Waals surface area (Å²) in [6.45, 7) is 11.9. The number of aromatic nitrogens is 2. The highest BCUT2D eigenvalue weighted by Crippen LogP contribution is 2.28. The van der Waals surface area contributed by atoms with Crippen LogP contribution in [0.2, 0.25) is 0 Å². The van der Waals surface area contributed by atoms with Crippen LogP contribution in [0, 0.1) is 5.92 Å². The minimum atomic E-state index is -0.442. The fourth-order valence-electron chi connectivity index (χ4n) is 3.59. The Labute approximate surface area is 174 Å². The molecule has 1 aromatic carbocycles. The van der Waals surface area contributed by atoms with Crippen LogP contribution in [0.15, 0.2) is 24.3 Å². The molecule has 0 spiro atoms. The summed E-state index contributed by atoms with van der Waals surface area (Å²) in [4.78, 5) is 11.8. The van der Waals surface area contributed by atoms with Gasteiger partial charge in [0.1, 0.15) is 17.5 Å². The van der Waals surface area contributed by atoms with E-state index in [1.165, 1.54) is 11.1 Å². The van der Waals surface area contributed by atoms with Gasteiger partial charge in [-0.3, -0.25) is 0 Å². The lowest BCUT2D eigenvalue weighted by atomic mass is 9.96. The van der Waals surface area contributed by atoms with Crippen molar-refractivity contribution in [1.29, 1.82) is 0 Å². The predicted octanol–water partition coefficient (Wildman–Crippen LogP) is 3.64. The Bertz CT molecular complexity index is 836. The van der Waals surface area contributed by atoms with Gasteiger partial charge in [-0.2, -0.15) is 0 Å². The molecular weight excluding hydrogens is 364 g/mol. The molecule has 1 aliphatic heterocycles. The third-order valence-electron chi connectivity index (χ3n) is 5.63.